The Kier molecular flexibility index (Phi) is 5.15. The van der Waals surface area contributed by atoms with Crippen molar-refractivity contribution in [1.82, 2.24) is 0 Å². The van der Waals surface area contributed by atoms with Gasteiger partial charge in [-0.2, -0.15) is 0 Å². The number of benzene rings is 1. The van der Waals surface area contributed by atoms with Gasteiger partial charge in [-0.15, -0.1) is 0 Å². The Hall–Kier alpha value is -1.56. The Morgan fingerprint density at radius 3 is 2.78 bits per heavy atom. The molecule has 100 valence electrons. The highest BCUT2D eigenvalue weighted by Crippen LogP contribution is 2.19. The summed E-state index contributed by atoms with van der Waals surface area (Å²) in [7, 11) is -0.862. The second kappa shape index (κ2) is 6.39. The van der Waals surface area contributed by atoms with E-state index >= 15 is 0 Å². The van der Waals surface area contributed by atoms with Gasteiger partial charge in [-0.25, -0.2) is 4.79 Å². The first-order chi connectivity index (χ1) is 8.41. The minimum absolute atomic E-state index is 0.0829. The average Bonchev–Trinajstić information content (AvgIpc) is 2.30. The van der Waals surface area contributed by atoms with Crippen LogP contribution in [0.5, 0.6) is 0 Å². The molecule has 2 atom stereocenters. The van der Waals surface area contributed by atoms with E-state index in [2.05, 4.69) is 5.32 Å². The number of rotatable bonds is 6. The number of aromatic carboxylic acids is 1. The van der Waals surface area contributed by atoms with E-state index in [1.807, 2.05) is 6.92 Å². The summed E-state index contributed by atoms with van der Waals surface area (Å²) in [6.07, 6.45) is 2.38. The van der Waals surface area contributed by atoms with E-state index in [0.29, 0.717) is 24.3 Å². The van der Waals surface area contributed by atoms with Gasteiger partial charge in [0, 0.05) is 40.2 Å². The van der Waals surface area contributed by atoms with Crippen molar-refractivity contribution in [2.24, 2.45) is 0 Å². The van der Waals surface area contributed by atoms with Crippen LogP contribution in [0, 0.1) is 0 Å². The molecule has 18 heavy (non-hydrogen) atoms. The van der Waals surface area contributed by atoms with E-state index < -0.39 is 16.8 Å². The summed E-state index contributed by atoms with van der Waals surface area (Å²) in [5.74, 6) is -1.02. The van der Waals surface area contributed by atoms with Gasteiger partial charge in [0.1, 0.15) is 0 Å². The Labute approximate surface area is 109 Å². The molecule has 0 heterocycles. The maximum absolute atomic E-state index is 11.2. The molecule has 1 aromatic carbocycles. The Morgan fingerprint density at radius 1 is 1.56 bits per heavy atom. The SMILES string of the molecule is CC(CCNc1ccc(N)cc1C(=O)O)S(C)=O. The first-order valence-corrected chi connectivity index (χ1v) is 7.23. The smallest absolute Gasteiger partial charge is 0.337 e. The minimum atomic E-state index is -1.02. The quantitative estimate of drug-likeness (QED) is 0.682. The molecule has 1 rings (SSSR count). The van der Waals surface area contributed by atoms with E-state index in [9.17, 15) is 9.00 Å². The molecule has 4 N–H and O–H groups in total. The standard InChI is InChI=1S/C12H18N2O3S/c1-8(18(2)17)5-6-14-11-4-3-9(13)7-10(11)12(15)16/h3-4,7-8,14H,5-6,13H2,1-2H3,(H,15,16). The summed E-state index contributed by atoms with van der Waals surface area (Å²) in [4.78, 5) is 11.0. The highest BCUT2D eigenvalue weighted by molar-refractivity contribution is 7.84. The lowest BCUT2D eigenvalue weighted by Gasteiger charge is -2.12. The van der Waals surface area contributed by atoms with Crippen molar-refractivity contribution in [3.05, 3.63) is 23.8 Å². The molecule has 0 spiro atoms. The van der Waals surface area contributed by atoms with Crippen LogP contribution in [0.25, 0.3) is 0 Å². The second-order valence-corrected chi connectivity index (χ2v) is 5.94. The zero-order chi connectivity index (χ0) is 13.7. The van der Waals surface area contributed by atoms with Crippen LogP contribution in [0.3, 0.4) is 0 Å². The lowest BCUT2D eigenvalue weighted by atomic mass is 10.1. The first kappa shape index (κ1) is 14.5. The number of nitrogen functional groups attached to an aromatic ring is 1. The molecule has 0 aliphatic carbocycles. The van der Waals surface area contributed by atoms with Gasteiger partial charge in [-0.05, 0) is 24.6 Å². The van der Waals surface area contributed by atoms with Gasteiger partial charge in [0.2, 0.25) is 0 Å². The third kappa shape index (κ3) is 4.03. The molecule has 6 heteroatoms. The normalized spacial score (nSPS) is 13.9. The number of carbonyl (C=O) groups is 1. The van der Waals surface area contributed by atoms with Crippen molar-refractivity contribution < 1.29 is 14.1 Å². The number of hydrogen-bond acceptors (Lipinski definition) is 4. The predicted molar refractivity (Wildman–Crippen MR) is 74.4 cm³/mol. The zero-order valence-electron chi connectivity index (χ0n) is 10.5. The predicted octanol–water partition coefficient (Wildman–Crippen LogP) is 1.54. The van der Waals surface area contributed by atoms with Crippen molar-refractivity contribution >= 4 is 28.1 Å². The van der Waals surface area contributed by atoms with E-state index in [1.54, 1.807) is 18.4 Å². The van der Waals surface area contributed by atoms with Crippen LogP contribution in [-0.2, 0) is 10.8 Å². The van der Waals surface area contributed by atoms with Gasteiger partial charge in [0.25, 0.3) is 0 Å². The molecule has 0 aromatic heterocycles. The third-order valence-corrected chi connectivity index (χ3v) is 4.08. The fourth-order valence-corrected chi connectivity index (χ4v) is 1.92. The van der Waals surface area contributed by atoms with Crippen molar-refractivity contribution in [3.63, 3.8) is 0 Å². The number of nitrogens with two attached hydrogens (primary N) is 1. The van der Waals surface area contributed by atoms with Crippen LogP contribution in [0.15, 0.2) is 18.2 Å². The van der Waals surface area contributed by atoms with Crippen LogP contribution in [0.1, 0.15) is 23.7 Å². The van der Waals surface area contributed by atoms with Crippen LogP contribution in [-0.4, -0.2) is 33.3 Å². The molecule has 0 aliphatic rings. The van der Waals surface area contributed by atoms with Crippen LogP contribution < -0.4 is 11.1 Å². The van der Waals surface area contributed by atoms with Crippen LogP contribution >= 0.6 is 0 Å². The van der Waals surface area contributed by atoms with Crippen molar-refractivity contribution in [2.75, 3.05) is 23.9 Å². The summed E-state index contributed by atoms with van der Waals surface area (Å²) >= 11 is 0. The highest BCUT2D eigenvalue weighted by atomic mass is 32.2. The molecule has 1 aromatic rings. The largest absolute Gasteiger partial charge is 0.478 e. The topological polar surface area (TPSA) is 92.4 Å². The van der Waals surface area contributed by atoms with Gasteiger partial charge in [-0.3, -0.25) is 4.21 Å². The van der Waals surface area contributed by atoms with Gasteiger partial charge < -0.3 is 16.2 Å². The van der Waals surface area contributed by atoms with E-state index in [1.165, 1.54) is 6.07 Å². The summed E-state index contributed by atoms with van der Waals surface area (Å²) in [6.45, 7) is 2.48. The molecule has 0 amide bonds. The van der Waals surface area contributed by atoms with Gasteiger partial charge in [-0.1, -0.05) is 6.92 Å². The first-order valence-electron chi connectivity index (χ1n) is 5.60. The maximum Gasteiger partial charge on any atom is 0.337 e. The number of nitrogens with one attached hydrogen (secondary N) is 1. The summed E-state index contributed by atoms with van der Waals surface area (Å²) in [6, 6.07) is 4.72. The van der Waals surface area contributed by atoms with Crippen molar-refractivity contribution in [2.45, 2.75) is 18.6 Å². The lowest BCUT2D eigenvalue weighted by molar-refractivity contribution is 0.0698. The van der Waals surface area contributed by atoms with Crippen LogP contribution in [0.2, 0.25) is 0 Å². The average molecular weight is 270 g/mol. The fourth-order valence-electron chi connectivity index (χ4n) is 1.47. The summed E-state index contributed by atoms with van der Waals surface area (Å²) in [5, 5.41) is 12.2. The molecular weight excluding hydrogens is 252 g/mol. The highest BCUT2D eigenvalue weighted by Gasteiger charge is 2.11. The summed E-state index contributed by atoms with van der Waals surface area (Å²) < 4.78 is 11.2. The molecule has 5 nitrogen and oxygen atoms in total. The number of hydrogen-bond donors (Lipinski definition) is 3. The molecule has 2 unspecified atom stereocenters. The monoisotopic (exact) mass is 270 g/mol. The molecule has 0 bridgehead atoms. The van der Waals surface area contributed by atoms with Gasteiger partial charge in [0.15, 0.2) is 0 Å². The lowest BCUT2D eigenvalue weighted by Crippen LogP contribution is -2.16. The van der Waals surface area contributed by atoms with E-state index in [4.69, 9.17) is 10.8 Å². The van der Waals surface area contributed by atoms with Gasteiger partial charge in [0.05, 0.1) is 5.56 Å². The van der Waals surface area contributed by atoms with Crippen LogP contribution in [0.4, 0.5) is 11.4 Å². The Balaban J connectivity index is 2.67. The number of carboxylic acids is 1. The minimum Gasteiger partial charge on any atom is -0.478 e. The Morgan fingerprint density at radius 2 is 2.22 bits per heavy atom. The second-order valence-electron chi connectivity index (χ2n) is 4.13. The molecule has 0 radical (unpaired) electrons. The van der Waals surface area contributed by atoms with E-state index in [-0.39, 0.29) is 10.8 Å². The van der Waals surface area contributed by atoms with Gasteiger partial charge >= 0.3 is 5.97 Å². The zero-order valence-corrected chi connectivity index (χ0v) is 11.3. The molecular formula is C12H18N2O3S. The van der Waals surface area contributed by atoms with E-state index in [0.717, 1.165) is 0 Å². The molecule has 0 saturated carbocycles. The fraction of sp³-hybridized carbons (Fsp3) is 0.417. The number of anilines is 2. The number of carboxylic acid groups (broad SMARTS) is 1. The molecule has 0 aliphatic heterocycles. The van der Waals surface area contributed by atoms with Crippen molar-refractivity contribution in [3.8, 4) is 0 Å². The molecule has 0 fully saturated rings. The summed E-state index contributed by atoms with van der Waals surface area (Å²) in [5.41, 5.74) is 6.65. The third-order valence-electron chi connectivity index (χ3n) is 2.71. The molecule has 0 saturated heterocycles. The van der Waals surface area contributed by atoms with Crippen molar-refractivity contribution in [1.29, 1.82) is 0 Å². The maximum atomic E-state index is 11.2. The Bertz CT molecular complexity index is 463.